The average Bonchev–Trinajstić information content (AvgIpc) is 2.65. The maximum atomic E-state index is 5.40. The van der Waals surface area contributed by atoms with Gasteiger partial charge in [0.1, 0.15) is 0 Å². The minimum absolute atomic E-state index is 0.490. The molecule has 0 aromatic carbocycles. The molecule has 2 saturated heterocycles. The molecule has 0 aliphatic carbocycles. The third-order valence-electron chi connectivity index (χ3n) is 3.81. The predicted octanol–water partition coefficient (Wildman–Crippen LogP) is 1.10. The molecule has 0 radical (unpaired) electrons. The maximum absolute atomic E-state index is 5.40. The van der Waals surface area contributed by atoms with E-state index in [0.717, 1.165) is 12.5 Å². The Hall–Kier alpha value is -0.120. The van der Waals surface area contributed by atoms with Crippen molar-refractivity contribution in [3.05, 3.63) is 0 Å². The Morgan fingerprint density at radius 1 is 1.40 bits per heavy atom. The van der Waals surface area contributed by atoms with Crippen molar-refractivity contribution in [1.29, 1.82) is 0 Å². The lowest BCUT2D eigenvalue weighted by Crippen LogP contribution is -2.40. The Bertz CT molecular complexity index is 198. The number of nitrogens with zero attached hydrogens (tertiary/aromatic N) is 1. The Morgan fingerprint density at radius 3 is 2.93 bits per heavy atom. The van der Waals surface area contributed by atoms with Crippen LogP contribution in [-0.2, 0) is 4.74 Å². The molecule has 15 heavy (non-hydrogen) atoms. The van der Waals surface area contributed by atoms with Crippen LogP contribution in [0.1, 0.15) is 26.2 Å². The van der Waals surface area contributed by atoms with Crippen LogP contribution in [-0.4, -0.2) is 50.3 Å². The molecule has 0 saturated carbocycles. The quantitative estimate of drug-likeness (QED) is 0.758. The number of hydrogen-bond donors (Lipinski definition) is 1. The molecule has 0 spiro atoms. The van der Waals surface area contributed by atoms with Gasteiger partial charge in [0.15, 0.2) is 0 Å². The van der Waals surface area contributed by atoms with Crippen LogP contribution in [0.25, 0.3) is 0 Å². The van der Waals surface area contributed by atoms with Crippen LogP contribution in [0.15, 0.2) is 0 Å². The SMILES string of the molecule is COC1CCN(CC2CCNC(C)C2)C1. The monoisotopic (exact) mass is 212 g/mol. The molecule has 0 aromatic heterocycles. The molecular formula is C12H24N2O. The number of methoxy groups -OCH3 is 1. The molecule has 0 amide bonds. The fourth-order valence-corrected chi connectivity index (χ4v) is 2.92. The van der Waals surface area contributed by atoms with E-state index in [4.69, 9.17) is 4.74 Å². The molecule has 3 nitrogen and oxygen atoms in total. The normalized spacial score (nSPS) is 38.4. The molecule has 0 bridgehead atoms. The molecule has 2 heterocycles. The summed E-state index contributed by atoms with van der Waals surface area (Å²) in [5.41, 5.74) is 0. The van der Waals surface area contributed by atoms with Gasteiger partial charge in [-0.25, -0.2) is 0 Å². The standard InChI is InChI=1S/C12H24N2O/c1-10-7-11(3-5-13-10)8-14-6-4-12(9-14)15-2/h10-13H,3-9H2,1-2H3. The van der Waals surface area contributed by atoms with Gasteiger partial charge < -0.3 is 15.0 Å². The number of likely N-dealkylation sites (tertiary alicyclic amines) is 1. The summed E-state index contributed by atoms with van der Waals surface area (Å²) >= 11 is 0. The van der Waals surface area contributed by atoms with E-state index < -0.39 is 0 Å². The number of piperidine rings is 1. The molecule has 88 valence electrons. The Balaban J connectivity index is 1.72. The Morgan fingerprint density at radius 2 is 2.27 bits per heavy atom. The molecular weight excluding hydrogens is 188 g/mol. The summed E-state index contributed by atoms with van der Waals surface area (Å²) in [5.74, 6) is 0.900. The molecule has 2 aliphatic rings. The topological polar surface area (TPSA) is 24.5 Å². The average molecular weight is 212 g/mol. The van der Waals surface area contributed by atoms with Crippen molar-refractivity contribution in [3.63, 3.8) is 0 Å². The van der Waals surface area contributed by atoms with E-state index in [1.807, 2.05) is 7.11 Å². The van der Waals surface area contributed by atoms with Crippen LogP contribution < -0.4 is 5.32 Å². The number of ether oxygens (including phenoxy) is 1. The second-order valence-corrected chi connectivity index (χ2v) is 5.15. The summed E-state index contributed by atoms with van der Waals surface area (Å²) in [6.07, 6.45) is 4.40. The molecule has 2 aliphatic heterocycles. The van der Waals surface area contributed by atoms with Crippen molar-refractivity contribution in [2.45, 2.75) is 38.3 Å². The summed E-state index contributed by atoms with van der Waals surface area (Å²) in [5, 5.41) is 3.51. The highest BCUT2D eigenvalue weighted by Crippen LogP contribution is 2.20. The first kappa shape index (κ1) is 11.4. The van der Waals surface area contributed by atoms with E-state index in [-0.39, 0.29) is 0 Å². The lowest BCUT2D eigenvalue weighted by molar-refractivity contribution is 0.104. The first-order valence-corrected chi connectivity index (χ1v) is 6.26. The molecule has 3 unspecified atom stereocenters. The smallest absolute Gasteiger partial charge is 0.0710 e. The van der Waals surface area contributed by atoms with Gasteiger partial charge >= 0.3 is 0 Å². The highest BCUT2D eigenvalue weighted by atomic mass is 16.5. The zero-order valence-corrected chi connectivity index (χ0v) is 10.0. The summed E-state index contributed by atoms with van der Waals surface area (Å²) in [6, 6.07) is 0.713. The van der Waals surface area contributed by atoms with Crippen molar-refractivity contribution < 1.29 is 4.74 Å². The van der Waals surface area contributed by atoms with Crippen LogP contribution in [0.3, 0.4) is 0 Å². The zero-order chi connectivity index (χ0) is 10.7. The van der Waals surface area contributed by atoms with E-state index in [1.54, 1.807) is 0 Å². The van der Waals surface area contributed by atoms with E-state index in [9.17, 15) is 0 Å². The van der Waals surface area contributed by atoms with Gasteiger partial charge in [0.2, 0.25) is 0 Å². The van der Waals surface area contributed by atoms with Gasteiger partial charge in [-0.05, 0) is 38.6 Å². The maximum Gasteiger partial charge on any atom is 0.0710 e. The lowest BCUT2D eigenvalue weighted by Gasteiger charge is -2.31. The van der Waals surface area contributed by atoms with Crippen molar-refractivity contribution in [2.24, 2.45) is 5.92 Å². The highest BCUT2D eigenvalue weighted by molar-refractivity contribution is 4.81. The summed E-state index contributed by atoms with van der Waals surface area (Å²) < 4.78 is 5.40. The Kier molecular flexibility index (Phi) is 4.00. The minimum Gasteiger partial charge on any atom is -0.380 e. The van der Waals surface area contributed by atoms with E-state index in [0.29, 0.717) is 12.1 Å². The molecule has 0 aromatic rings. The van der Waals surface area contributed by atoms with Crippen LogP contribution in [0, 0.1) is 5.92 Å². The van der Waals surface area contributed by atoms with Gasteiger partial charge in [-0.3, -0.25) is 0 Å². The highest BCUT2D eigenvalue weighted by Gasteiger charge is 2.26. The summed E-state index contributed by atoms with van der Waals surface area (Å²) in [4.78, 5) is 2.58. The van der Waals surface area contributed by atoms with Crippen molar-refractivity contribution in [1.82, 2.24) is 10.2 Å². The second kappa shape index (κ2) is 5.28. The van der Waals surface area contributed by atoms with Crippen LogP contribution in [0.2, 0.25) is 0 Å². The van der Waals surface area contributed by atoms with Crippen LogP contribution in [0.5, 0.6) is 0 Å². The van der Waals surface area contributed by atoms with Gasteiger partial charge in [0.05, 0.1) is 6.10 Å². The van der Waals surface area contributed by atoms with Crippen molar-refractivity contribution in [3.8, 4) is 0 Å². The number of rotatable bonds is 3. The third-order valence-corrected chi connectivity index (χ3v) is 3.81. The van der Waals surface area contributed by atoms with Crippen molar-refractivity contribution >= 4 is 0 Å². The molecule has 3 atom stereocenters. The number of nitrogens with one attached hydrogen (secondary N) is 1. The molecule has 3 heteroatoms. The second-order valence-electron chi connectivity index (χ2n) is 5.15. The molecule has 2 rings (SSSR count). The van der Waals surface area contributed by atoms with Gasteiger partial charge in [-0.15, -0.1) is 0 Å². The fraction of sp³-hybridized carbons (Fsp3) is 1.00. The summed E-state index contributed by atoms with van der Waals surface area (Å²) in [7, 11) is 1.83. The van der Waals surface area contributed by atoms with Gasteiger partial charge in [0.25, 0.3) is 0 Å². The number of hydrogen-bond acceptors (Lipinski definition) is 3. The van der Waals surface area contributed by atoms with E-state index >= 15 is 0 Å². The summed E-state index contributed by atoms with van der Waals surface area (Å²) in [6.45, 7) is 7.17. The Labute approximate surface area is 93.2 Å². The van der Waals surface area contributed by atoms with Gasteiger partial charge in [-0.1, -0.05) is 0 Å². The first-order valence-electron chi connectivity index (χ1n) is 6.26. The van der Waals surface area contributed by atoms with Gasteiger partial charge in [0, 0.05) is 32.8 Å². The lowest BCUT2D eigenvalue weighted by atomic mass is 9.93. The molecule has 1 N–H and O–H groups in total. The van der Waals surface area contributed by atoms with Crippen LogP contribution in [0.4, 0.5) is 0 Å². The largest absolute Gasteiger partial charge is 0.380 e. The molecule has 2 fully saturated rings. The third kappa shape index (κ3) is 3.16. The minimum atomic E-state index is 0.490. The van der Waals surface area contributed by atoms with Crippen LogP contribution >= 0.6 is 0 Å². The fourth-order valence-electron chi connectivity index (χ4n) is 2.92. The first-order chi connectivity index (χ1) is 7.28. The zero-order valence-electron chi connectivity index (χ0n) is 10.0. The van der Waals surface area contributed by atoms with Gasteiger partial charge in [-0.2, -0.15) is 0 Å². The predicted molar refractivity (Wildman–Crippen MR) is 62.0 cm³/mol. The van der Waals surface area contributed by atoms with Crippen molar-refractivity contribution in [2.75, 3.05) is 33.3 Å². The van der Waals surface area contributed by atoms with E-state index in [1.165, 1.54) is 38.9 Å². The van der Waals surface area contributed by atoms with E-state index in [2.05, 4.69) is 17.1 Å².